The van der Waals surface area contributed by atoms with Gasteiger partial charge in [0, 0.05) is 54.7 Å². The summed E-state index contributed by atoms with van der Waals surface area (Å²) in [7, 11) is 0. The van der Waals surface area contributed by atoms with Crippen LogP contribution in [0.25, 0.3) is 11.3 Å². The minimum atomic E-state index is -0.117. The van der Waals surface area contributed by atoms with Crippen molar-refractivity contribution in [3.8, 4) is 11.3 Å². The SMILES string of the molecule is CC(C)N1CCN(c2ccc(C(=O)Nc3ccc(-c4cnco4)cc3)cc2)CC1. The Labute approximate surface area is 171 Å². The van der Waals surface area contributed by atoms with Crippen molar-refractivity contribution in [2.75, 3.05) is 36.4 Å². The smallest absolute Gasteiger partial charge is 0.255 e. The van der Waals surface area contributed by atoms with E-state index in [1.54, 1.807) is 6.20 Å². The molecular weight excluding hydrogens is 364 g/mol. The first-order valence-electron chi connectivity index (χ1n) is 9.99. The van der Waals surface area contributed by atoms with E-state index in [1.807, 2.05) is 48.5 Å². The number of benzene rings is 2. The molecule has 3 aromatic rings. The van der Waals surface area contributed by atoms with E-state index in [9.17, 15) is 4.79 Å². The number of rotatable bonds is 5. The fourth-order valence-electron chi connectivity index (χ4n) is 3.60. The summed E-state index contributed by atoms with van der Waals surface area (Å²) >= 11 is 0. The van der Waals surface area contributed by atoms with Gasteiger partial charge in [0.05, 0.1) is 6.20 Å². The maximum atomic E-state index is 12.6. The van der Waals surface area contributed by atoms with E-state index in [4.69, 9.17) is 4.42 Å². The lowest BCUT2D eigenvalue weighted by atomic mass is 10.1. The maximum Gasteiger partial charge on any atom is 0.255 e. The first-order chi connectivity index (χ1) is 14.1. The lowest BCUT2D eigenvalue weighted by Gasteiger charge is -2.38. The summed E-state index contributed by atoms with van der Waals surface area (Å²) in [4.78, 5) is 21.4. The number of nitrogens with zero attached hydrogens (tertiary/aromatic N) is 3. The molecule has 6 heteroatoms. The molecule has 0 aliphatic carbocycles. The van der Waals surface area contributed by atoms with Crippen LogP contribution in [0.15, 0.2) is 65.5 Å². The number of anilines is 2. The van der Waals surface area contributed by atoms with E-state index < -0.39 is 0 Å². The summed E-state index contributed by atoms with van der Waals surface area (Å²) in [6.45, 7) is 8.66. The average molecular weight is 390 g/mol. The van der Waals surface area contributed by atoms with Gasteiger partial charge in [0.2, 0.25) is 0 Å². The van der Waals surface area contributed by atoms with Gasteiger partial charge in [-0.1, -0.05) is 0 Å². The fourth-order valence-corrected chi connectivity index (χ4v) is 3.60. The third-order valence-electron chi connectivity index (χ3n) is 5.40. The van der Waals surface area contributed by atoms with Crippen molar-refractivity contribution in [2.24, 2.45) is 0 Å². The molecule has 1 N–H and O–H groups in total. The molecule has 0 saturated carbocycles. The second kappa shape index (κ2) is 8.49. The number of carbonyl (C=O) groups is 1. The van der Waals surface area contributed by atoms with E-state index in [2.05, 4.69) is 33.9 Å². The highest BCUT2D eigenvalue weighted by Crippen LogP contribution is 2.22. The predicted molar refractivity (Wildman–Crippen MR) is 115 cm³/mol. The number of nitrogens with one attached hydrogen (secondary N) is 1. The molecule has 1 fully saturated rings. The van der Waals surface area contributed by atoms with Crippen LogP contribution in [0.1, 0.15) is 24.2 Å². The molecule has 0 radical (unpaired) electrons. The zero-order valence-electron chi connectivity index (χ0n) is 16.8. The van der Waals surface area contributed by atoms with Crippen molar-refractivity contribution >= 4 is 17.3 Å². The number of carbonyl (C=O) groups excluding carboxylic acids is 1. The summed E-state index contributed by atoms with van der Waals surface area (Å²) in [5, 5.41) is 2.94. The van der Waals surface area contributed by atoms with Gasteiger partial charge >= 0.3 is 0 Å². The summed E-state index contributed by atoms with van der Waals surface area (Å²) in [6, 6.07) is 16.0. The summed E-state index contributed by atoms with van der Waals surface area (Å²) in [5.41, 5.74) is 3.48. The highest BCUT2D eigenvalue weighted by molar-refractivity contribution is 6.04. The summed E-state index contributed by atoms with van der Waals surface area (Å²) in [5.74, 6) is 0.585. The number of piperazine rings is 1. The number of hydrogen-bond donors (Lipinski definition) is 1. The van der Waals surface area contributed by atoms with Gasteiger partial charge in [-0.3, -0.25) is 9.69 Å². The quantitative estimate of drug-likeness (QED) is 0.710. The van der Waals surface area contributed by atoms with Gasteiger partial charge in [-0.05, 0) is 62.4 Å². The molecule has 1 amide bonds. The molecule has 29 heavy (non-hydrogen) atoms. The molecule has 1 aromatic heterocycles. The Hall–Kier alpha value is -3.12. The number of amides is 1. The first kappa shape index (κ1) is 19.2. The van der Waals surface area contributed by atoms with Crippen molar-refractivity contribution < 1.29 is 9.21 Å². The Morgan fingerprint density at radius 3 is 2.28 bits per heavy atom. The monoisotopic (exact) mass is 390 g/mol. The van der Waals surface area contributed by atoms with Gasteiger partial charge in [-0.25, -0.2) is 4.98 Å². The van der Waals surface area contributed by atoms with Gasteiger partial charge in [0.15, 0.2) is 12.2 Å². The standard InChI is InChI=1S/C23H26N4O2/c1-17(2)26-11-13-27(14-12-26)21-9-5-19(6-10-21)23(28)25-20-7-3-18(4-8-20)22-15-24-16-29-22/h3-10,15-17H,11-14H2,1-2H3,(H,25,28). The van der Waals surface area contributed by atoms with Crippen molar-refractivity contribution in [1.82, 2.24) is 9.88 Å². The largest absolute Gasteiger partial charge is 0.444 e. The van der Waals surface area contributed by atoms with Gasteiger partial charge in [-0.2, -0.15) is 0 Å². The van der Waals surface area contributed by atoms with Crippen molar-refractivity contribution in [1.29, 1.82) is 0 Å². The Kier molecular flexibility index (Phi) is 5.62. The lowest BCUT2D eigenvalue weighted by molar-refractivity contribution is 0.102. The molecule has 0 bridgehead atoms. The molecule has 0 atom stereocenters. The number of aromatic nitrogens is 1. The number of oxazole rings is 1. The van der Waals surface area contributed by atoms with Crippen LogP contribution in [0.3, 0.4) is 0 Å². The third-order valence-corrected chi connectivity index (χ3v) is 5.40. The van der Waals surface area contributed by atoms with E-state index in [0.29, 0.717) is 17.4 Å². The van der Waals surface area contributed by atoms with Gasteiger partial charge < -0.3 is 14.6 Å². The predicted octanol–water partition coefficient (Wildman–Crippen LogP) is 4.12. The third kappa shape index (κ3) is 4.49. The topological polar surface area (TPSA) is 61.6 Å². The van der Waals surface area contributed by atoms with Crippen LogP contribution < -0.4 is 10.2 Å². The number of hydrogen-bond acceptors (Lipinski definition) is 5. The van der Waals surface area contributed by atoms with Crippen molar-refractivity contribution in [3.05, 3.63) is 66.7 Å². The second-order valence-corrected chi connectivity index (χ2v) is 7.56. The van der Waals surface area contributed by atoms with Crippen LogP contribution in [0.4, 0.5) is 11.4 Å². The summed E-state index contributed by atoms with van der Waals surface area (Å²) in [6.07, 6.45) is 3.07. The van der Waals surface area contributed by atoms with Crippen LogP contribution >= 0.6 is 0 Å². The minimum Gasteiger partial charge on any atom is -0.444 e. The Bertz CT molecular complexity index is 926. The van der Waals surface area contributed by atoms with E-state index in [0.717, 1.165) is 37.4 Å². The van der Waals surface area contributed by atoms with Crippen molar-refractivity contribution in [2.45, 2.75) is 19.9 Å². The van der Waals surface area contributed by atoms with Gasteiger partial charge in [0.1, 0.15) is 0 Å². The van der Waals surface area contributed by atoms with E-state index in [1.165, 1.54) is 12.1 Å². The Morgan fingerprint density at radius 1 is 1.00 bits per heavy atom. The molecular formula is C23H26N4O2. The van der Waals surface area contributed by atoms with Crippen molar-refractivity contribution in [3.63, 3.8) is 0 Å². The Morgan fingerprint density at radius 2 is 1.69 bits per heavy atom. The van der Waals surface area contributed by atoms with Crippen LogP contribution in [0, 0.1) is 0 Å². The lowest BCUT2D eigenvalue weighted by Crippen LogP contribution is -2.48. The van der Waals surface area contributed by atoms with Crippen LogP contribution in [0.2, 0.25) is 0 Å². The molecule has 4 rings (SSSR count). The van der Waals surface area contributed by atoms with E-state index in [-0.39, 0.29) is 5.91 Å². The molecule has 2 aromatic carbocycles. The molecule has 1 saturated heterocycles. The van der Waals surface area contributed by atoms with Crippen LogP contribution in [0.5, 0.6) is 0 Å². The molecule has 1 aliphatic heterocycles. The normalized spacial score (nSPS) is 14.9. The zero-order chi connectivity index (χ0) is 20.2. The molecule has 2 heterocycles. The fraction of sp³-hybridized carbons (Fsp3) is 0.304. The summed E-state index contributed by atoms with van der Waals surface area (Å²) < 4.78 is 5.28. The van der Waals surface area contributed by atoms with Crippen LogP contribution in [-0.4, -0.2) is 48.0 Å². The maximum absolute atomic E-state index is 12.6. The highest BCUT2D eigenvalue weighted by Gasteiger charge is 2.19. The average Bonchev–Trinajstić information content (AvgIpc) is 3.29. The van der Waals surface area contributed by atoms with Crippen LogP contribution in [-0.2, 0) is 0 Å². The minimum absolute atomic E-state index is 0.117. The van der Waals surface area contributed by atoms with E-state index >= 15 is 0 Å². The molecule has 150 valence electrons. The van der Waals surface area contributed by atoms with Gasteiger partial charge in [-0.15, -0.1) is 0 Å². The second-order valence-electron chi connectivity index (χ2n) is 7.56. The molecule has 1 aliphatic rings. The zero-order valence-corrected chi connectivity index (χ0v) is 16.8. The molecule has 6 nitrogen and oxygen atoms in total. The Balaban J connectivity index is 1.36. The highest BCUT2D eigenvalue weighted by atomic mass is 16.3. The first-order valence-corrected chi connectivity index (χ1v) is 9.99. The molecule has 0 spiro atoms. The molecule has 0 unspecified atom stereocenters. The van der Waals surface area contributed by atoms with Gasteiger partial charge in [0.25, 0.3) is 5.91 Å².